The number of ether oxygens (including phenoxy) is 2. The zero-order chi connectivity index (χ0) is 21.1. The summed E-state index contributed by atoms with van der Waals surface area (Å²) in [5.41, 5.74) is 2.57. The van der Waals surface area contributed by atoms with Crippen molar-refractivity contribution in [1.82, 2.24) is 10.3 Å². The van der Waals surface area contributed by atoms with Gasteiger partial charge in [0.05, 0.1) is 23.9 Å². The van der Waals surface area contributed by atoms with Gasteiger partial charge in [0.1, 0.15) is 5.75 Å². The minimum absolute atomic E-state index is 0.111. The zero-order valence-corrected chi connectivity index (χ0v) is 17.1. The van der Waals surface area contributed by atoms with E-state index in [0.29, 0.717) is 28.1 Å². The number of nitrogens with zero attached hydrogens (tertiary/aromatic N) is 1. The minimum Gasteiger partial charge on any atom is -0.497 e. The fourth-order valence-corrected chi connectivity index (χ4v) is 3.47. The molecule has 1 aliphatic rings. The Morgan fingerprint density at radius 1 is 1.13 bits per heavy atom. The van der Waals surface area contributed by atoms with Gasteiger partial charge in [0.2, 0.25) is 0 Å². The zero-order valence-electron chi connectivity index (χ0n) is 17.1. The van der Waals surface area contributed by atoms with E-state index in [0.717, 1.165) is 24.2 Å². The van der Waals surface area contributed by atoms with Crippen LogP contribution in [0, 0.1) is 5.92 Å². The first-order valence-corrected chi connectivity index (χ1v) is 10.1. The van der Waals surface area contributed by atoms with E-state index in [1.165, 1.54) is 0 Å². The molecule has 2 aromatic carbocycles. The molecule has 154 valence electrons. The lowest BCUT2D eigenvalue weighted by Gasteiger charge is -2.13. The van der Waals surface area contributed by atoms with Crippen molar-refractivity contribution in [2.45, 2.75) is 25.8 Å². The first-order chi connectivity index (χ1) is 14.5. The van der Waals surface area contributed by atoms with Gasteiger partial charge < -0.3 is 14.8 Å². The van der Waals surface area contributed by atoms with E-state index >= 15 is 0 Å². The first-order valence-electron chi connectivity index (χ1n) is 10.1. The van der Waals surface area contributed by atoms with Crippen LogP contribution in [0.4, 0.5) is 0 Å². The number of amides is 1. The summed E-state index contributed by atoms with van der Waals surface area (Å²) in [5.74, 6) is 0.459. The summed E-state index contributed by atoms with van der Waals surface area (Å²) in [7, 11) is 1.61. The highest BCUT2D eigenvalue weighted by Gasteiger charge is 2.29. The van der Waals surface area contributed by atoms with Crippen LogP contribution in [0.15, 0.2) is 54.6 Å². The Balaban J connectivity index is 1.56. The number of rotatable bonds is 7. The van der Waals surface area contributed by atoms with Gasteiger partial charge in [-0.2, -0.15) is 0 Å². The Morgan fingerprint density at radius 3 is 2.57 bits per heavy atom. The minimum atomic E-state index is -0.544. The van der Waals surface area contributed by atoms with Crippen LogP contribution in [-0.4, -0.2) is 36.6 Å². The molecule has 1 amide bonds. The number of fused-ring (bicyclic) bond motifs is 1. The van der Waals surface area contributed by atoms with Gasteiger partial charge in [0.25, 0.3) is 5.91 Å². The van der Waals surface area contributed by atoms with Gasteiger partial charge in [-0.1, -0.05) is 18.2 Å². The second kappa shape index (κ2) is 8.53. The highest BCUT2D eigenvalue weighted by molar-refractivity contribution is 6.05. The predicted molar refractivity (Wildman–Crippen MR) is 114 cm³/mol. The topological polar surface area (TPSA) is 77.5 Å². The molecular formula is C24H24N2O4. The SMILES string of the molecule is COc1ccc(-c2cc(C(=O)OCC(=O)NC(C)C3CC3)c3ccccc3n2)cc1. The lowest BCUT2D eigenvalue weighted by Crippen LogP contribution is -2.37. The smallest absolute Gasteiger partial charge is 0.339 e. The molecule has 1 heterocycles. The molecule has 1 N–H and O–H groups in total. The summed E-state index contributed by atoms with van der Waals surface area (Å²) >= 11 is 0. The number of carbonyl (C=O) groups is 2. The van der Waals surface area contributed by atoms with Gasteiger partial charge in [-0.25, -0.2) is 9.78 Å². The fraction of sp³-hybridized carbons (Fsp3) is 0.292. The summed E-state index contributed by atoms with van der Waals surface area (Å²) in [6.07, 6.45) is 2.27. The van der Waals surface area contributed by atoms with Crippen LogP contribution in [-0.2, 0) is 9.53 Å². The molecule has 1 atom stereocenters. The Labute approximate surface area is 175 Å². The van der Waals surface area contributed by atoms with Crippen LogP contribution in [0.25, 0.3) is 22.2 Å². The number of esters is 1. The lowest BCUT2D eigenvalue weighted by molar-refractivity contribution is -0.124. The maximum absolute atomic E-state index is 12.8. The van der Waals surface area contributed by atoms with Gasteiger partial charge in [-0.15, -0.1) is 0 Å². The highest BCUT2D eigenvalue weighted by Crippen LogP contribution is 2.32. The third-order valence-corrected chi connectivity index (χ3v) is 5.37. The summed E-state index contributed by atoms with van der Waals surface area (Å²) in [6.45, 7) is 1.68. The fourth-order valence-electron chi connectivity index (χ4n) is 3.47. The average molecular weight is 404 g/mol. The number of aromatic nitrogens is 1. The number of hydrogen-bond acceptors (Lipinski definition) is 5. The summed E-state index contributed by atoms with van der Waals surface area (Å²) in [5, 5.41) is 3.58. The third kappa shape index (κ3) is 4.43. The molecule has 0 saturated heterocycles. The van der Waals surface area contributed by atoms with E-state index in [2.05, 4.69) is 10.3 Å². The molecule has 0 spiro atoms. The van der Waals surface area contributed by atoms with Crippen LogP contribution in [0.1, 0.15) is 30.1 Å². The number of pyridine rings is 1. The molecule has 0 bridgehead atoms. The average Bonchev–Trinajstić information content (AvgIpc) is 3.62. The molecule has 1 aliphatic carbocycles. The van der Waals surface area contributed by atoms with E-state index in [1.54, 1.807) is 13.2 Å². The third-order valence-electron chi connectivity index (χ3n) is 5.37. The second-order valence-electron chi connectivity index (χ2n) is 7.57. The Kier molecular flexibility index (Phi) is 5.65. The van der Waals surface area contributed by atoms with Crippen molar-refractivity contribution in [3.8, 4) is 17.0 Å². The van der Waals surface area contributed by atoms with E-state index in [4.69, 9.17) is 9.47 Å². The molecule has 6 nitrogen and oxygen atoms in total. The molecule has 1 fully saturated rings. The molecule has 0 aliphatic heterocycles. The van der Waals surface area contributed by atoms with Crippen LogP contribution in [0.5, 0.6) is 5.75 Å². The predicted octanol–water partition coefficient (Wildman–Crippen LogP) is 3.98. The highest BCUT2D eigenvalue weighted by atomic mass is 16.5. The monoisotopic (exact) mass is 404 g/mol. The number of nitrogens with one attached hydrogen (secondary N) is 1. The first kappa shape index (κ1) is 19.9. The van der Waals surface area contributed by atoms with Gasteiger partial charge in [-0.05, 0) is 62.1 Å². The van der Waals surface area contributed by atoms with E-state index in [9.17, 15) is 9.59 Å². The van der Waals surface area contributed by atoms with Gasteiger partial charge in [0, 0.05) is 17.0 Å². The molecular weight excluding hydrogens is 380 g/mol. The van der Waals surface area contributed by atoms with Crippen molar-refractivity contribution in [2.24, 2.45) is 5.92 Å². The van der Waals surface area contributed by atoms with Crippen LogP contribution < -0.4 is 10.1 Å². The number of para-hydroxylation sites is 1. The van der Waals surface area contributed by atoms with Gasteiger partial charge >= 0.3 is 5.97 Å². The number of benzene rings is 2. The second-order valence-corrected chi connectivity index (χ2v) is 7.57. The van der Waals surface area contributed by atoms with E-state index in [1.807, 2.05) is 55.5 Å². The quantitative estimate of drug-likeness (QED) is 0.603. The van der Waals surface area contributed by atoms with Crippen LogP contribution in [0.2, 0.25) is 0 Å². The van der Waals surface area contributed by atoms with E-state index in [-0.39, 0.29) is 18.6 Å². The van der Waals surface area contributed by atoms with Crippen molar-refractivity contribution in [2.75, 3.05) is 13.7 Å². The van der Waals surface area contributed by atoms with Crippen LogP contribution in [0.3, 0.4) is 0 Å². The van der Waals surface area contributed by atoms with Crippen molar-refractivity contribution in [3.63, 3.8) is 0 Å². The summed E-state index contributed by atoms with van der Waals surface area (Å²) < 4.78 is 10.5. The molecule has 30 heavy (non-hydrogen) atoms. The van der Waals surface area contributed by atoms with Crippen molar-refractivity contribution < 1.29 is 19.1 Å². The molecule has 1 aromatic heterocycles. The van der Waals surface area contributed by atoms with Crippen molar-refractivity contribution in [1.29, 1.82) is 0 Å². The summed E-state index contributed by atoms with van der Waals surface area (Å²) in [4.78, 5) is 29.6. The number of hydrogen-bond donors (Lipinski definition) is 1. The molecule has 6 heteroatoms. The van der Waals surface area contributed by atoms with E-state index < -0.39 is 5.97 Å². The Morgan fingerprint density at radius 2 is 1.87 bits per heavy atom. The Hall–Kier alpha value is -3.41. The van der Waals surface area contributed by atoms with Crippen molar-refractivity contribution >= 4 is 22.8 Å². The standard InChI is InChI=1S/C24H24N2O4/c1-15(16-7-8-16)25-23(27)14-30-24(28)20-13-22(17-9-11-18(29-2)12-10-17)26-21-6-4-3-5-19(20)21/h3-6,9-13,15-16H,7-8,14H2,1-2H3,(H,25,27). The van der Waals surface area contributed by atoms with Crippen LogP contribution >= 0.6 is 0 Å². The van der Waals surface area contributed by atoms with Gasteiger partial charge in [0.15, 0.2) is 6.61 Å². The molecule has 0 radical (unpaired) electrons. The molecule has 4 rings (SSSR count). The largest absolute Gasteiger partial charge is 0.497 e. The lowest BCUT2D eigenvalue weighted by atomic mass is 10.0. The molecule has 1 unspecified atom stereocenters. The maximum atomic E-state index is 12.8. The Bertz CT molecular complexity index is 1070. The van der Waals surface area contributed by atoms with Gasteiger partial charge in [-0.3, -0.25) is 4.79 Å². The normalized spacial score (nSPS) is 14.2. The van der Waals surface area contributed by atoms with Crippen molar-refractivity contribution in [3.05, 3.63) is 60.2 Å². The number of methoxy groups -OCH3 is 1. The maximum Gasteiger partial charge on any atom is 0.339 e. The summed E-state index contributed by atoms with van der Waals surface area (Å²) in [6, 6.07) is 16.7. The molecule has 1 saturated carbocycles. The number of carbonyl (C=O) groups excluding carboxylic acids is 2. The molecule has 3 aromatic rings.